The fraction of sp³-hybridized carbons (Fsp3) is 0.471. The number of aryl methyl sites for hydroxylation is 1. The number of aromatic nitrogens is 2. The fourth-order valence-electron chi connectivity index (χ4n) is 3.03. The van der Waals surface area contributed by atoms with Crippen molar-refractivity contribution in [1.29, 1.82) is 0 Å². The third-order valence-electron chi connectivity index (χ3n) is 4.56. The number of rotatable bonds is 5. The molecule has 4 nitrogen and oxygen atoms in total. The van der Waals surface area contributed by atoms with E-state index >= 15 is 0 Å². The zero-order valence-electron chi connectivity index (χ0n) is 13.1. The molecule has 1 atom stereocenters. The number of benzene rings is 1. The number of hydrogen-bond donors (Lipinski definition) is 1. The van der Waals surface area contributed by atoms with Crippen LogP contribution in [0.4, 0.5) is 5.69 Å². The van der Waals surface area contributed by atoms with Crippen LogP contribution in [0.3, 0.4) is 0 Å². The molecule has 0 aliphatic carbocycles. The SMILES string of the molecule is CNC(C)c1ccc2c(c1)CCN2CCn1ccnc1C. The summed E-state index contributed by atoms with van der Waals surface area (Å²) < 4.78 is 2.22. The van der Waals surface area contributed by atoms with Gasteiger partial charge in [-0.3, -0.25) is 0 Å². The molecule has 112 valence electrons. The summed E-state index contributed by atoms with van der Waals surface area (Å²) in [7, 11) is 2.01. The maximum absolute atomic E-state index is 4.28. The molecule has 1 unspecified atom stereocenters. The molecule has 21 heavy (non-hydrogen) atoms. The van der Waals surface area contributed by atoms with Crippen LogP contribution in [0.2, 0.25) is 0 Å². The molecule has 0 fully saturated rings. The van der Waals surface area contributed by atoms with Crippen molar-refractivity contribution in [3.05, 3.63) is 47.5 Å². The van der Waals surface area contributed by atoms with Gasteiger partial charge in [0.05, 0.1) is 0 Å². The molecule has 0 amide bonds. The van der Waals surface area contributed by atoms with Gasteiger partial charge in [0.25, 0.3) is 0 Å². The van der Waals surface area contributed by atoms with Crippen molar-refractivity contribution in [3.8, 4) is 0 Å². The molecule has 1 aliphatic rings. The van der Waals surface area contributed by atoms with E-state index in [-0.39, 0.29) is 0 Å². The van der Waals surface area contributed by atoms with E-state index in [9.17, 15) is 0 Å². The molecule has 2 heterocycles. The summed E-state index contributed by atoms with van der Waals surface area (Å²) >= 11 is 0. The highest BCUT2D eigenvalue weighted by Gasteiger charge is 2.19. The van der Waals surface area contributed by atoms with Gasteiger partial charge in [-0.15, -0.1) is 0 Å². The standard InChI is InChI=1S/C17H24N4/c1-13(18-3)15-4-5-17-16(12-15)6-8-21(17)11-10-20-9-7-19-14(20)2/h4-5,7,9,12-13,18H,6,8,10-11H2,1-3H3. The average Bonchev–Trinajstić information content (AvgIpc) is 3.09. The van der Waals surface area contributed by atoms with Gasteiger partial charge in [-0.1, -0.05) is 12.1 Å². The predicted octanol–water partition coefficient (Wildman–Crippen LogP) is 2.53. The number of nitrogens with zero attached hydrogens (tertiary/aromatic N) is 3. The van der Waals surface area contributed by atoms with Gasteiger partial charge >= 0.3 is 0 Å². The predicted molar refractivity (Wildman–Crippen MR) is 86.8 cm³/mol. The largest absolute Gasteiger partial charge is 0.369 e. The zero-order valence-corrected chi connectivity index (χ0v) is 13.1. The molecule has 3 rings (SSSR count). The number of anilines is 1. The molecule has 0 spiro atoms. The molecule has 4 heteroatoms. The molecular formula is C17H24N4. The van der Waals surface area contributed by atoms with Gasteiger partial charge in [-0.2, -0.15) is 0 Å². The Labute approximate surface area is 126 Å². The molecular weight excluding hydrogens is 260 g/mol. The Morgan fingerprint density at radius 2 is 2.19 bits per heavy atom. The Morgan fingerprint density at radius 3 is 2.90 bits per heavy atom. The Bertz CT molecular complexity index is 617. The zero-order chi connectivity index (χ0) is 14.8. The van der Waals surface area contributed by atoms with Crippen molar-refractivity contribution in [2.75, 3.05) is 25.0 Å². The van der Waals surface area contributed by atoms with Crippen molar-refractivity contribution in [1.82, 2.24) is 14.9 Å². The number of imidazole rings is 1. The third kappa shape index (κ3) is 2.81. The van der Waals surface area contributed by atoms with E-state index in [2.05, 4.69) is 58.0 Å². The van der Waals surface area contributed by atoms with Gasteiger partial charge in [0, 0.05) is 43.8 Å². The number of fused-ring (bicyclic) bond motifs is 1. The highest BCUT2D eigenvalue weighted by Crippen LogP contribution is 2.30. The highest BCUT2D eigenvalue weighted by atomic mass is 15.2. The number of nitrogens with one attached hydrogen (secondary N) is 1. The molecule has 0 saturated heterocycles. The van der Waals surface area contributed by atoms with Crippen molar-refractivity contribution in [3.63, 3.8) is 0 Å². The van der Waals surface area contributed by atoms with Gasteiger partial charge in [-0.05, 0) is 44.5 Å². The van der Waals surface area contributed by atoms with Crippen LogP contribution in [0.1, 0.15) is 29.9 Å². The summed E-state index contributed by atoms with van der Waals surface area (Å²) in [6, 6.07) is 7.31. The minimum atomic E-state index is 0.415. The van der Waals surface area contributed by atoms with Crippen LogP contribution < -0.4 is 10.2 Å². The number of hydrogen-bond acceptors (Lipinski definition) is 3. The summed E-state index contributed by atoms with van der Waals surface area (Å²) in [4.78, 5) is 6.77. The van der Waals surface area contributed by atoms with Crippen molar-refractivity contribution in [2.24, 2.45) is 0 Å². The van der Waals surface area contributed by atoms with Crippen LogP contribution in [0.25, 0.3) is 0 Å². The second kappa shape index (κ2) is 5.90. The second-order valence-corrected chi connectivity index (χ2v) is 5.80. The quantitative estimate of drug-likeness (QED) is 0.916. The Morgan fingerprint density at radius 1 is 1.33 bits per heavy atom. The van der Waals surface area contributed by atoms with Gasteiger partial charge < -0.3 is 14.8 Å². The topological polar surface area (TPSA) is 33.1 Å². The van der Waals surface area contributed by atoms with Crippen LogP contribution in [-0.2, 0) is 13.0 Å². The smallest absolute Gasteiger partial charge is 0.105 e. The highest BCUT2D eigenvalue weighted by molar-refractivity contribution is 5.59. The van der Waals surface area contributed by atoms with Gasteiger partial charge in [0.15, 0.2) is 0 Å². The van der Waals surface area contributed by atoms with Crippen LogP contribution in [0.5, 0.6) is 0 Å². The van der Waals surface area contributed by atoms with Crippen molar-refractivity contribution >= 4 is 5.69 Å². The maximum atomic E-state index is 4.28. The lowest BCUT2D eigenvalue weighted by Crippen LogP contribution is -2.25. The summed E-state index contributed by atoms with van der Waals surface area (Å²) in [5.41, 5.74) is 4.26. The molecule has 0 radical (unpaired) electrons. The summed E-state index contributed by atoms with van der Waals surface area (Å²) in [6.45, 7) is 7.44. The summed E-state index contributed by atoms with van der Waals surface area (Å²) in [5, 5.41) is 3.31. The lowest BCUT2D eigenvalue weighted by molar-refractivity contribution is 0.650. The minimum absolute atomic E-state index is 0.415. The lowest BCUT2D eigenvalue weighted by atomic mass is 10.0. The normalized spacial score (nSPS) is 15.3. The summed E-state index contributed by atoms with van der Waals surface area (Å²) in [5.74, 6) is 1.09. The third-order valence-corrected chi connectivity index (χ3v) is 4.56. The first-order valence-electron chi connectivity index (χ1n) is 7.72. The monoisotopic (exact) mass is 284 g/mol. The second-order valence-electron chi connectivity index (χ2n) is 5.80. The van der Waals surface area contributed by atoms with E-state index in [1.54, 1.807) is 0 Å². The van der Waals surface area contributed by atoms with E-state index in [1.165, 1.54) is 16.8 Å². The van der Waals surface area contributed by atoms with Crippen LogP contribution in [0, 0.1) is 6.92 Å². The molecule has 0 bridgehead atoms. The van der Waals surface area contributed by atoms with E-state index in [0.29, 0.717) is 6.04 Å². The van der Waals surface area contributed by atoms with Crippen molar-refractivity contribution < 1.29 is 0 Å². The Hall–Kier alpha value is -1.81. The van der Waals surface area contributed by atoms with Crippen LogP contribution >= 0.6 is 0 Å². The molecule has 0 saturated carbocycles. The van der Waals surface area contributed by atoms with E-state index in [4.69, 9.17) is 0 Å². The first kappa shape index (κ1) is 14.1. The van der Waals surface area contributed by atoms with Crippen molar-refractivity contribution in [2.45, 2.75) is 32.9 Å². The van der Waals surface area contributed by atoms with Gasteiger partial charge in [0.2, 0.25) is 0 Å². The molecule has 2 aromatic rings. The van der Waals surface area contributed by atoms with Crippen LogP contribution in [0.15, 0.2) is 30.6 Å². The van der Waals surface area contributed by atoms with E-state index in [1.807, 2.05) is 13.2 Å². The molecule has 1 aromatic heterocycles. The fourth-order valence-corrected chi connectivity index (χ4v) is 3.03. The first-order valence-corrected chi connectivity index (χ1v) is 7.72. The molecule has 1 aliphatic heterocycles. The van der Waals surface area contributed by atoms with E-state index < -0.39 is 0 Å². The average molecular weight is 284 g/mol. The van der Waals surface area contributed by atoms with Crippen LogP contribution in [-0.4, -0.2) is 29.7 Å². The maximum Gasteiger partial charge on any atom is 0.105 e. The molecule has 1 N–H and O–H groups in total. The minimum Gasteiger partial charge on any atom is -0.369 e. The summed E-state index contributed by atoms with van der Waals surface area (Å²) in [6.07, 6.45) is 5.09. The van der Waals surface area contributed by atoms with Gasteiger partial charge in [0.1, 0.15) is 5.82 Å². The van der Waals surface area contributed by atoms with E-state index in [0.717, 1.165) is 31.9 Å². The van der Waals surface area contributed by atoms with Gasteiger partial charge in [-0.25, -0.2) is 4.98 Å². The Kier molecular flexibility index (Phi) is 3.97. The molecule has 1 aromatic carbocycles. The first-order chi connectivity index (χ1) is 10.2. The Balaban J connectivity index is 1.70. The lowest BCUT2D eigenvalue weighted by Gasteiger charge is -2.21.